The number of phenolic OH excluding ortho intramolecular Hbond substituents is 1. The molecular formula is C44H46N8O3. The molecule has 10 rings (SSSR count). The fraction of sp³-hybridized carbons (Fsp3) is 0.364. The summed E-state index contributed by atoms with van der Waals surface area (Å²) < 4.78 is 9.47. The molecule has 11 heteroatoms. The number of nitrogens with zero attached hydrogens (tertiary/aromatic N) is 7. The van der Waals surface area contributed by atoms with Crippen molar-refractivity contribution < 1.29 is 14.6 Å². The van der Waals surface area contributed by atoms with E-state index in [0.717, 1.165) is 81.6 Å². The van der Waals surface area contributed by atoms with E-state index in [1.165, 1.54) is 0 Å². The molecule has 11 nitrogen and oxygen atoms in total. The van der Waals surface area contributed by atoms with Gasteiger partial charge in [0.25, 0.3) is 0 Å². The average Bonchev–Trinajstić information content (AvgIpc) is 3.89. The van der Waals surface area contributed by atoms with E-state index < -0.39 is 0 Å². The van der Waals surface area contributed by atoms with Crippen LogP contribution in [0.25, 0.3) is 43.8 Å². The number of anilines is 1. The van der Waals surface area contributed by atoms with Gasteiger partial charge in [0.2, 0.25) is 5.91 Å². The number of aromatic hydroxyl groups is 1. The van der Waals surface area contributed by atoms with E-state index in [4.69, 9.17) is 14.7 Å². The second-order valence-electron chi connectivity index (χ2n) is 15.8. The smallest absolute Gasteiger partial charge is 0.222 e. The van der Waals surface area contributed by atoms with E-state index in [0.29, 0.717) is 60.7 Å². The SMILES string of the molecule is CN(C)C(=O)CCc1nc2c(N3CC(N(C)C)C3)nc3c(Oc4ccccc4)c(-c4cc(O)cc5ccccc45)c(CCC#N)cc3c2n1C1C2CNC1C2. The Kier molecular flexibility index (Phi) is 8.83. The number of amides is 1. The summed E-state index contributed by atoms with van der Waals surface area (Å²) in [6.07, 6.45) is 2.72. The Bertz CT molecular complexity index is 2490. The first-order valence-electron chi connectivity index (χ1n) is 19.3. The second kappa shape index (κ2) is 13.9. The maximum absolute atomic E-state index is 13.0. The Hall–Kier alpha value is -5.70. The summed E-state index contributed by atoms with van der Waals surface area (Å²) >= 11 is 0. The topological polar surface area (TPSA) is 123 Å². The highest BCUT2D eigenvalue weighted by Gasteiger charge is 2.49. The van der Waals surface area contributed by atoms with Crippen LogP contribution in [-0.2, 0) is 17.6 Å². The molecule has 55 heavy (non-hydrogen) atoms. The van der Waals surface area contributed by atoms with Crippen molar-refractivity contribution in [3.8, 4) is 34.4 Å². The lowest BCUT2D eigenvalue weighted by molar-refractivity contribution is -0.128. The number of nitrogens with one attached hydrogen (secondary N) is 1. The van der Waals surface area contributed by atoms with E-state index in [1.807, 2.05) is 48.5 Å². The van der Waals surface area contributed by atoms with Crippen molar-refractivity contribution in [2.75, 3.05) is 52.7 Å². The molecule has 1 saturated carbocycles. The summed E-state index contributed by atoms with van der Waals surface area (Å²) in [6, 6.07) is 26.8. The van der Waals surface area contributed by atoms with Gasteiger partial charge in [-0.2, -0.15) is 5.26 Å². The van der Waals surface area contributed by atoms with Crippen molar-refractivity contribution >= 4 is 44.4 Å². The molecule has 4 aliphatic rings. The van der Waals surface area contributed by atoms with Crippen LogP contribution in [0.4, 0.5) is 5.82 Å². The maximum atomic E-state index is 13.0. The van der Waals surface area contributed by atoms with Gasteiger partial charge in [-0.1, -0.05) is 42.5 Å². The van der Waals surface area contributed by atoms with Gasteiger partial charge >= 0.3 is 0 Å². The number of fused-ring (bicyclic) bond motifs is 5. The number of nitriles is 1. The third-order valence-corrected chi connectivity index (χ3v) is 11.9. The highest BCUT2D eigenvalue weighted by molar-refractivity contribution is 6.13. The number of phenols is 1. The van der Waals surface area contributed by atoms with Crippen LogP contribution in [0.5, 0.6) is 17.2 Å². The van der Waals surface area contributed by atoms with Crippen molar-refractivity contribution in [3.63, 3.8) is 0 Å². The predicted octanol–water partition coefficient (Wildman–Crippen LogP) is 6.66. The Morgan fingerprint density at radius 3 is 2.47 bits per heavy atom. The van der Waals surface area contributed by atoms with Crippen molar-refractivity contribution in [2.24, 2.45) is 5.92 Å². The molecule has 0 spiro atoms. The lowest BCUT2D eigenvalue weighted by Gasteiger charge is -2.43. The Morgan fingerprint density at radius 1 is 0.982 bits per heavy atom. The molecular weight excluding hydrogens is 689 g/mol. The number of carbonyl (C=O) groups is 1. The Balaban J connectivity index is 1.40. The molecule has 2 aromatic heterocycles. The molecule has 4 aromatic carbocycles. The summed E-state index contributed by atoms with van der Waals surface area (Å²) in [5.41, 5.74) is 5.06. The molecule has 280 valence electrons. The molecule has 3 atom stereocenters. The number of para-hydroxylation sites is 1. The van der Waals surface area contributed by atoms with Crippen molar-refractivity contribution in [2.45, 2.75) is 50.2 Å². The summed E-state index contributed by atoms with van der Waals surface area (Å²) in [4.78, 5) is 30.2. The number of likely N-dealkylation sites (N-methyl/N-ethyl adjacent to an activating group) is 1. The number of benzene rings is 4. The number of carbonyl (C=O) groups excluding carboxylic acids is 1. The van der Waals surface area contributed by atoms with Gasteiger partial charge in [-0.15, -0.1) is 0 Å². The van der Waals surface area contributed by atoms with Gasteiger partial charge in [-0.3, -0.25) is 4.79 Å². The first-order valence-corrected chi connectivity index (χ1v) is 19.3. The zero-order chi connectivity index (χ0) is 38.0. The summed E-state index contributed by atoms with van der Waals surface area (Å²) in [5.74, 6) is 3.59. The monoisotopic (exact) mass is 734 g/mol. The van der Waals surface area contributed by atoms with Crippen LogP contribution >= 0.6 is 0 Å². The first kappa shape index (κ1) is 35.0. The van der Waals surface area contributed by atoms with Gasteiger partial charge in [-0.25, -0.2) is 9.97 Å². The quantitative estimate of drug-likeness (QED) is 0.150. The minimum Gasteiger partial charge on any atom is -0.508 e. The van der Waals surface area contributed by atoms with Crippen LogP contribution in [0.15, 0.2) is 72.8 Å². The number of ether oxygens (including phenoxy) is 1. The molecule has 3 aliphatic heterocycles. The molecule has 5 heterocycles. The summed E-state index contributed by atoms with van der Waals surface area (Å²) in [5, 5.41) is 27.6. The number of pyridine rings is 1. The summed E-state index contributed by atoms with van der Waals surface area (Å²) in [7, 11) is 7.82. The first-order chi connectivity index (χ1) is 26.7. The van der Waals surface area contributed by atoms with Gasteiger partial charge < -0.3 is 34.4 Å². The van der Waals surface area contributed by atoms with Gasteiger partial charge in [-0.05, 0) is 85.1 Å². The number of aryl methyl sites for hydroxylation is 2. The lowest BCUT2D eigenvalue weighted by atomic mass is 9.79. The van der Waals surface area contributed by atoms with E-state index in [2.05, 4.69) is 52.0 Å². The van der Waals surface area contributed by atoms with Crippen molar-refractivity contribution in [3.05, 3.63) is 84.2 Å². The minimum atomic E-state index is 0.0633. The standard InChI is InChI=1S/C44H46N8O3/c1-49(2)29-24-51(25-29)44-40-42(52(41-28-21-35(41)46-23-28)36(47-40)16-17-37(54)50(3)4)34-20-27(12-10-18-45)38(33-22-30(53)19-26-11-8-9-15-32(26)33)43(39(34)48-44)55-31-13-6-5-7-14-31/h5-9,11,13-15,19-20,22,28-29,35,41,46,53H,10,12,16-17,21,23-25H2,1-4H3. The van der Waals surface area contributed by atoms with E-state index in [-0.39, 0.29) is 17.7 Å². The molecule has 3 unspecified atom stereocenters. The van der Waals surface area contributed by atoms with Gasteiger partial charge in [0.05, 0.1) is 17.6 Å². The second-order valence-corrected chi connectivity index (χ2v) is 15.8. The highest BCUT2D eigenvalue weighted by Crippen LogP contribution is 2.51. The third-order valence-electron chi connectivity index (χ3n) is 11.9. The van der Waals surface area contributed by atoms with E-state index >= 15 is 0 Å². The molecule has 3 saturated heterocycles. The predicted molar refractivity (Wildman–Crippen MR) is 216 cm³/mol. The van der Waals surface area contributed by atoms with Crippen LogP contribution in [0.3, 0.4) is 0 Å². The lowest BCUT2D eigenvalue weighted by Crippen LogP contribution is -2.57. The number of hydrogen-bond donors (Lipinski definition) is 2. The van der Waals surface area contributed by atoms with E-state index in [9.17, 15) is 15.2 Å². The van der Waals surface area contributed by atoms with Gasteiger partial charge in [0.15, 0.2) is 11.6 Å². The van der Waals surface area contributed by atoms with Crippen LogP contribution in [0.1, 0.15) is 36.7 Å². The molecule has 6 aromatic rings. The van der Waals surface area contributed by atoms with Crippen LogP contribution in [0.2, 0.25) is 0 Å². The molecule has 4 fully saturated rings. The number of rotatable bonds is 11. The fourth-order valence-electron chi connectivity index (χ4n) is 8.89. The molecule has 0 radical (unpaired) electrons. The minimum absolute atomic E-state index is 0.0633. The number of aromatic nitrogens is 3. The maximum Gasteiger partial charge on any atom is 0.222 e. The van der Waals surface area contributed by atoms with Gasteiger partial charge in [0.1, 0.15) is 28.4 Å². The zero-order valence-corrected chi connectivity index (χ0v) is 31.8. The van der Waals surface area contributed by atoms with Crippen molar-refractivity contribution in [1.82, 2.24) is 29.7 Å². The fourth-order valence-corrected chi connectivity index (χ4v) is 8.89. The van der Waals surface area contributed by atoms with Crippen molar-refractivity contribution in [1.29, 1.82) is 5.26 Å². The molecule has 1 aliphatic carbocycles. The highest BCUT2D eigenvalue weighted by atomic mass is 16.5. The van der Waals surface area contributed by atoms with Gasteiger partial charge in [0, 0.05) is 76.0 Å². The number of imidazole rings is 1. The molecule has 2 bridgehead atoms. The molecule has 2 N–H and O–H groups in total. The average molecular weight is 735 g/mol. The summed E-state index contributed by atoms with van der Waals surface area (Å²) in [6.45, 7) is 2.55. The van der Waals surface area contributed by atoms with Crippen LogP contribution < -0.4 is 15.0 Å². The normalized spacial score (nSPS) is 19.2. The zero-order valence-electron chi connectivity index (χ0n) is 31.8. The Morgan fingerprint density at radius 2 is 1.76 bits per heavy atom. The largest absolute Gasteiger partial charge is 0.508 e. The van der Waals surface area contributed by atoms with E-state index in [1.54, 1.807) is 31.1 Å². The van der Waals surface area contributed by atoms with Crippen LogP contribution in [-0.4, -0.2) is 95.3 Å². The van der Waals surface area contributed by atoms with Crippen LogP contribution in [0, 0.1) is 17.2 Å². The number of hydrogen-bond acceptors (Lipinski definition) is 9. The Labute approximate surface area is 320 Å². The third kappa shape index (κ3) is 6.01. The molecule has 1 amide bonds.